The minimum Gasteiger partial charge on any atom is -0.382 e. The molecule has 2 N–H and O–H groups in total. The van der Waals surface area contributed by atoms with Crippen LogP contribution in [0.1, 0.15) is 32.1 Å². The minimum atomic E-state index is -0.224. The average molecular weight is 393 g/mol. The number of piperidine rings is 1. The fourth-order valence-electron chi connectivity index (χ4n) is 3.22. The SMILES string of the molecule is COCCOCC(=O)N1CCC(CCCCNC(=O)Nc2ccccn2)CC1. The van der Waals surface area contributed by atoms with Crippen LogP contribution in [0.3, 0.4) is 0 Å². The summed E-state index contributed by atoms with van der Waals surface area (Å²) in [6.07, 6.45) is 6.87. The van der Waals surface area contributed by atoms with Crippen LogP contribution in [0.15, 0.2) is 24.4 Å². The van der Waals surface area contributed by atoms with E-state index in [1.807, 2.05) is 11.0 Å². The lowest BCUT2D eigenvalue weighted by atomic mass is 9.91. The number of anilines is 1. The van der Waals surface area contributed by atoms with E-state index in [9.17, 15) is 9.59 Å². The molecule has 8 nitrogen and oxygen atoms in total. The van der Waals surface area contributed by atoms with E-state index in [1.165, 1.54) is 0 Å². The van der Waals surface area contributed by atoms with Crippen LogP contribution in [0.2, 0.25) is 0 Å². The summed E-state index contributed by atoms with van der Waals surface area (Å²) in [6, 6.07) is 5.16. The molecule has 0 unspecified atom stereocenters. The van der Waals surface area contributed by atoms with Crippen molar-refractivity contribution >= 4 is 17.8 Å². The normalized spacial score (nSPS) is 14.7. The van der Waals surface area contributed by atoms with Gasteiger partial charge >= 0.3 is 6.03 Å². The highest BCUT2D eigenvalue weighted by molar-refractivity contribution is 5.88. The third-order valence-corrected chi connectivity index (χ3v) is 4.86. The van der Waals surface area contributed by atoms with Gasteiger partial charge in [-0.25, -0.2) is 9.78 Å². The molecular formula is C20H32N4O4. The lowest BCUT2D eigenvalue weighted by Gasteiger charge is -2.32. The Labute approximate surface area is 167 Å². The van der Waals surface area contributed by atoms with Gasteiger partial charge in [-0.15, -0.1) is 0 Å². The molecule has 0 aromatic carbocycles. The average Bonchev–Trinajstić information content (AvgIpc) is 2.72. The number of rotatable bonds is 11. The summed E-state index contributed by atoms with van der Waals surface area (Å²) in [4.78, 5) is 29.8. The second-order valence-corrected chi connectivity index (χ2v) is 6.96. The van der Waals surface area contributed by atoms with Crippen LogP contribution in [0, 0.1) is 5.92 Å². The number of methoxy groups -OCH3 is 1. The van der Waals surface area contributed by atoms with Crippen LogP contribution in [0.5, 0.6) is 0 Å². The molecule has 0 saturated carbocycles. The zero-order valence-electron chi connectivity index (χ0n) is 16.7. The molecule has 0 bridgehead atoms. The number of pyridine rings is 1. The Kier molecular flexibility index (Phi) is 10.3. The molecule has 1 aromatic heterocycles. The molecule has 8 heteroatoms. The standard InChI is InChI=1S/C20H32N4O4/c1-27-14-15-28-16-19(25)24-12-8-17(9-13-24)6-2-4-11-22-20(26)23-18-7-3-5-10-21-18/h3,5,7,10,17H,2,4,6,8-9,11-16H2,1H3,(H2,21,22,23,26). The molecule has 1 aromatic rings. The number of nitrogens with zero attached hydrogens (tertiary/aromatic N) is 2. The van der Waals surface area contributed by atoms with Crippen molar-refractivity contribution in [3.63, 3.8) is 0 Å². The lowest BCUT2D eigenvalue weighted by molar-refractivity contribution is -0.138. The Morgan fingerprint density at radius 2 is 2.04 bits per heavy atom. The maximum Gasteiger partial charge on any atom is 0.320 e. The van der Waals surface area contributed by atoms with E-state index in [0.29, 0.717) is 31.5 Å². The number of hydrogen-bond acceptors (Lipinski definition) is 5. The molecule has 3 amide bonds. The molecule has 0 spiro atoms. The zero-order valence-corrected chi connectivity index (χ0v) is 16.7. The summed E-state index contributed by atoms with van der Waals surface area (Å²) >= 11 is 0. The van der Waals surface area contributed by atoms with Gasteiger partial charge in [0.2, 0.25) is 5.91 Å². The predicted molar refractivity (Wildman–Crippen MR) is 107 cm³/mol. The fourth-order valence-corrected chi connectivity index (χ4v) is 3.22. The number of urea groups is 1. The summed E-state index contributed by atoms with van der Waals surface area (Å²) in [5.74, 6) is 1.27. The number of carbonyl (C=O) groups excluding carboxylic acids is 2. The van der Waals surface area contributed by atoms with Gasteiger partial charge in [0.25, 0.3) is 0 Å². The van der Waals surface area contributed by atoms with Gasteiger partial charge in [-0.1, -0.05) is 18.9 Å². The van der Waals surface area contributed by atoms with E-state index in [1.54, 1.807) is 25.4 Å². The van der Waals surface area contributed by atoms with Crippen LogP contribution in [0.4, 0.5) is 10.6 Å². The highest BCUT2D eigenvalue weighted by Crippen LogP contribution is 2.22. The minimum absolute atomic E-state index is 0.0673. The van der Waals surface area contributed by atoms with E-state index in [-0.39, 0.29) is 18.5 Å². The Hall–Kier alpha value is -2.19. The first-order chi connectivity index (χ1) is 13.7. The number of nitrogens with one attached hydrogen (secondary N) is 2. The van der Waals surface area contributed by atoms with Gasteiger partial charge in [0.15, 0.2) is 0 Å². The molecule has 0 radical (unpaired) electrons. The van der Waals surface area contributed by atoms with Gasteiger partial charge in [0.1, 0.15) is 12.4 Å². The quantitative estimate of drug-likeness (QED) is 0.564. The van der Waals surface area contributed by atoms with Gasteiger partial charge < -0.3 is 19.7 Å². The molecule has 1 aliphatic heterocycles. The number of carbonyl (C=O) groups is 2. The van der Waals surface area contributed by atoms with Crippen molar-refractivity contribution in [2.24, 2.45) is 5.92 Å². The lowest BCUT2D eigenvalue weighted by Crippen LogP contribution is -2.40. The van der Waals surface area contributed by atoms with Crippen molar-refractivity contribution in [3.05, 3.63) is 24.4 Å². The Morgan fingerprint density at radius 1 is 1.21 bits per heavy atom. The highest BCUT2D eigenvalue weighted by Gasteiger charge is 2.22. The number of ether oxygens (including phenoxy) is 2. The summed E-state index contributed by atoms with van der Waals surface area (Å²) in [7, 11) is 1.61. The summed E-state index contributed by atoms with van der Waals surface area (Å²) in [6.45, 7) is 3.36. The van der Waals surface area contributed by atoms with Crippen molar-refractivity contribution in [3.8, 4) is 0 Å². The molecule has 0 atom stereocenters. The van der Waals surface area contributed by atoms with Crippen LogP contribution < -0.4 is 10.6 Å². The van der Waals surface area contributed by atoms with Crippen molar-refractivity contribution in [1.29, 1.82) is 0 Å². The third-order valence-electron chi connectivity index (χ3n) is 4.86. The second kappa shape index (κ2) is 13.1. The number of likely N-dealkylation sites (tertiary alicyclic amines) is 1. The van der Waals surface area contributed by atoms with E-state index in [4.69, 9.17) is 9.47 Å². The Balaban J connectivity index is 1.48. The van der Waals surface area contributed by atoms with E-state index >= 15 is 0 Å². The molecule has 1 saturated heterocycles. The molecule has 156 valence electrons. The summed E-state index contributed by atoms with van der Waals surface area (Å²) < 4.78 is 10.2. The summed E-state index contributed by atoms with van der Waals surface area (Å²) in [5.41, 5.74) is 0. The van der Waals surface area contributed by atoms with Crippen LogP contribution in [-0.2, 0) is 14.3 Å². The molecule has 1 aliphatic rings. The first-order valence-electron chi connectivity index (χ1n) is 9.99. The first-order valence-corrected chi connectivity index (χ1v) is 9.99. The molecule has 1 fully saturated rings. The number of unbranched alkanes of at least 4 members (excludes halogenated alkanes) is 1. The van der Waals surface area contributed by atoms with Crippen LogP contribution >= 0.6 is 0 Å². The molecule has 2 heterocycles. The van der Waals surface area contributed by atoms with Crippen molar-refractivity contribution in [1.82, 2.24) is 15.2 Å². The van der Waals surface area contributed by atoms with Gasteiger partial charge in [-0.3, -0.25) is 10.1 Å². The van der Waals surface area contributed by atoms with Crippen molar-refractivity contribution in [2.45, 2.75) is 32.1 Å². The zero-order chi connectivity index (χ0) is 20.0. The monoisotopic (exact) mass is 392 g/mol. The van der Waals surface area contributed by atoms with E-state index in [0.717, 1.165) is 45.2 Å². The topological polar surface area (TPSA) is 92.8 Å². The van der Waals surface area contributed by atoms with Crippen LogP contribution in [-0.4, -0.2) is 68.4 Å². The predicted octanol–water partition coefficient (Wildman–Crippen LogP) is 2.27. The van der Waals surface area contributed by atoms with Gasteiger partial charge in [0, 0.05) is 32.9 Å². The molecule has 0 aliphatic carbocycles. The van der Waals surface area contributed by atoms with Gasteiger partial charge in [0.05, 0.1) is 13.2 Å². The van der Waals surface area contributed by atoms with Gasteiger partial charge in [-0.2, -0.15) is 0 Å². The highest BCUT2D eigenvalue weighted by atomic mass is 16.5. The largest absolute Gasteiger partial charge is 0.382 e. The smallest absolute Gasteiger partial charge is 0.320 e. The maximum atomic E-state index is 12.1. The maximum absolute atomic E-state index is 12.1. The van der Waals surface area contributed by atoms with Gasteiger partial charge in [-0.05, 0) is 37.3 Å². The van der Waals surface area contributed by atoms with E-state index in [2.05, 4.69) is 15.6 Å². The van der Waals surface area contributed by atoms with Crippen molar-refractivity contribution in [2.75, 3.05) is 51.9 Å². The third kappa shape index (κ3) is 8.67. The van der Waals surface area contributed by atoms with Crippen molar-refractivity contribution < 1.29 is 19.1 Å². The Morgan fingerprint density at radius 3 is 2.75 bits per heavy atom. The molecular weight excluding hydrogens is 360 g/mol. The second-order valence-electron chi connectivity index (χ2n) is 6.96. The fraction of sp³-hybridized carbons (Fsp3) is 0.650. The Bertz CT molecular complexity index is 577. The van der Waals surface area contributed by atoms with E-state index < -0.39 is 0 Å². The first kappa shape index (κ1) is 22.1. The number of aromatic nitrogens is 1. The number of hydrogen-bond donors (Lipinski definition) is 2. The van der Waals surface area contributed by atoms with Crippen LogP contribution in [0.25, 0.3) is 0 Å². The molecule has 28 heavy (non-hydrogen) atoms. The molecule has 2 rings (SSSR count). The number of amides is 3. The summed E-state index contributed by atoms with van der Waals surface area (Å²) in [5, 5.41) is 5.56.